The molecule has 0 saturated carbocycles. The summed E-state index contributed by atoms with van der Waals surface area (Å²) in [6.45, 7) is 0.847. The highest BCUT2D eigenvalue weighted by molar-refractivity contribution is 5.86. The molecule has 1 aliphatic heterocycles. The smallest absolute Gasteiger partial charge is 0.0739 e. The Kier molecular flexibility index (Phi) is 5.49. The maximum atomic E-state index is 2.52. The van der Waals surface area contributed by atoms with Crippen LogP contribution in [0.4, 0.5) is 0 Å². The maximum Gasteiger partial charge on any atom is 0.0739 e. The second-order valence-corrected chi connectivity index (χ2v) is 7.85. The fourth-order valence-electron chi connectivity index (χ4n) is 4.25. The van der Waals surface area contributed by atoms with E-state index in [9.17, 15) is 0 Å². The van der Waals surface area contributed by atoms with Gasteiger partial charge in [0.15, 0.2) is 0 Å². The molecule has 0 spiro atoms. The third-order valence-corrected chi connectivity index (χ3v) is 5.79. The fourth-order valence-corrected chi connectivity index (χ4v) is 4.25. The zero-order chi connectivity index (χ0) is 20.9. The molecule has 1 atom stereocenters. The molecular formula is C30H25N. The summed E-state index contributed by atoms with van der Waals surface area (Å²) in [5, 5.41) is 0. The maximum absolute atomic E-state index is 2.52. The molecule has 150 valence electrons. The zero-order valence-corrected chi connectivity index (χ0v) is 17.4. The standard InChI is InChI=1S/C30H25N/c1-5-13-24(14-6-1)23-31-29(26-17-9-3-10-18-26)21-28(25-15-7-2-8-16-25)22-30(31)27-19-11-4-12-20-27/h1-22,29H,23H2. The van der Waals surface area contributed by atoms with Crippen molar-refractivity contribution in [2.24, 2.45) is 0 Å². The van der Waals surface area contributed by atoms with Gasteiger partial charge in [0.2, 0.25) is 0 Å². The Bertz CT molecular complexity index is 1180. The van der Waals surface area contributed by atoms with E-state index in [1.807, 2.05) is 0 Å². The summed E-state index contributed by atoms with van der Waals surface area (Å²) in [5.41, 5.74) is 7.60. The summed E-state index contributed by atoms with van der Waals surface area (Å²) >= 11 is 0. The van der Waals surface area contributed by atoms with Crippen LogP contribution in [0.25, 0.3) is 11.3 Å². The van der Waals surface area contributed by atoms with Crippen molar-refractivity contribution in [3.8, 4) is 0 Å². The predicted molar refractivity (Wildman–Crippen MR) is 130 cm³/mol. The van der Waals surface area contributed by atoms with Gasteiger partial charge in [0.05, 0.1) is 6.04 Å². The van der Waals surface area contributed by atoms with Gasteiger partial charge in [-0.3, -0.25) is 0 Å². The first-order chi connectivity index (χ1) is 15.4. The minimum atomic E-state index is 0.150. The number of allylic oxidation sites excluding steroid dienone is 2. The highest BCUT2D eigenvalue weighted by Crippen LogP contribution is 2.40. The Balaban J connectivity index is 1.67. The van der Waals surface area contributed by atoms with Crippen molar-refractivity contribution < 1.29 is 0 Å². The Morgan fingerprint density at radius 1 is 0.548 bits per heavy atom. The van der Waals surface area contributed by atoms with Crippen LogP contribution < -0.4 is 0 Å². The summed E-state index contributed by atoms with van der Waals surface area (Å²) < 4.78 is 0. The molecule has 4 aromatic carbocycles. The molecule has 1 heterocycles. The first-order valence-corrected chi connectivity index (χ1v) is 10.8. The fraction of sp³-hybridized carbons (Fsp3) is 0.0667. The van der Waals surface area contributed by atoms with Gasteiger partial charge in [-0.25, -0.2) is 0 Å². The van der Waals surface area contributed by atoms with Crippen LogP contribution in [0.15, 0.2) is 133 Å². The van der Waals surface area contributed by atoms with Crippen LogP contribution in [0.5, 0.6) is 0 Å². The second-order valence-electron chi connectivity index (χ2n) is 7.85. The topological polar surface area (TPSA) is 3.24 Å². The highest BCUT2D eigenvalue weighted by Gasteiger charge is 2.26. The van der Waals surface area contributed by atoms with Crippen LogP contribution in [-0.2, 0) is 6.54 Å². The number of hydrogen-bond donors (Lipinski definition) is 0. The van der Waals surface area contributed by atoms with Gasteiger partial charge in [0.25, 0.3) is 0 Å². The summed E-state index contributed by atoms with van der Waals surface area (Å²) in [6.07, 6.45) is 4.74. The summed E-state index contributed by atoms with van der Waals surface area (Å²) in [4.78, 5) is 2.52. The van der Waals surface area contributed by atoms with Gasteiger partial charge in [-0.15, -0.1) is 0 Å². The zero-order valence-electron chi connectivity index (χ0n) is 17.4. The van der Waals surface area contributed by atoms with Crippen LogP contribution in [-0.4, -0.2) is 4.90 Å². The highest BCUT2D eigenvalue weighted by atomic mass is 15.2. The van der Waals surface area contributed by atoms with Crippen molar-refractivity contribution in [2.45, 2.75) is 12.6 Å². The first-order valence-electron chi connectivity index (χ1n) is 10.8. The van der Waals surface area contributed by atoms with Crippen LogP contribution in [0.1, 0.15) is 28.3 Å². The van der Waals surface area contributed by atoms with Crippen molar-refractivity contribution in [1.82, 2.24) is 4.90 Å². The monoisotopic (exact) mass is 399 g/mol. The summed E-state index contributed by atoms with van der Waals surface area (Å²) in [5.74, 6) is 0. The van der Waals surface area contributed by atoms with Crippen molar-refractivity contribution in [2.75, 3.05) is 0 Å². The van der Waals surface area contributed by atoms with Gasteiger partial charge in [-0.1, -0.05) is 121 Å². The van der Waals surface area contributed by atoms with E-state index in [1.165, 1.54) is 33.5 Å². The number of hydrogen-bond acceptors (Lipinski definition) is 1. The molecule has 0 aliphatic carbocycles. The molecule has 1 nitrogen and oxygen atoms in total. The Hall–Kier alpha value is -3.84. The molecule has 0 aromatic heterocycles. The quantitative estimate of drug-likeness (QED) is 0.339. The summed E-state index contributed by atoms with van der Waals surface area (Å²) in [7, 11) is 0. The van der Waals surface area contributed by atoms with Crippen LogP contribution >= 0.6 is 0 Å². The van der Waals surface area contributed by atoms with E-state index in [0.29, 0.717) is 0 Å². The van der Waals surface area contributed by atoms with E-state index >= 15 is 0 Å². The Labute approximate surface area is 184 Å². The molecule has 0 N–H and O–H groups in total. The lowest BCUT2D eigenvalue weighted by atomic mass is 9.91. The van der Waals surface area contributed by atoms with Gasteiger partial charge in [-0.2, -0.15) is 0 Å². The van der Waals surface area contributed by atoms with Gasteiger partial charge < -0.3 is 4.90 Å². The molecule has 0 amide bonds. The molecule has 0 bridgehead atoms. The third kappa shape index (κ3) is 4.22. The lowest BCUT2D eigenvalue weighted by Crippen LogP contribution is -2.28. The Morgan fingerprint density at radius 2 is 1.06 bits per heavy atom. The van der Waals surface area contributed by atoms with Gasteiger partial charge in [0, 0.05) is 12.2 Å². The normalized spacial score (nSPS) is 15.9. The average Bonchev–Trinajstić information content (AvgIpc) is 2.86. The minimum Gasteiger partial charge on any atom is -0.356 e. The first kappa shape index (κ1) is 19.1. The number of rotatable bonds is 5. The molecule has 5 rings (SSSR count). The number of benzene rings is 4. The van der Waals surface area contributed by atoms with E-state index in [-0.39, 0.29) is 6.04 Å². The van der Waals surface area contributed by atoms with Crippen molar-refractivity contribution >= 4 is 11.3 Å². The lowest BCUT2D eigenvalue weighted by Gasteiger charge is -2.38. The van der Waals surface area contributed by atoms with E-state index in [4.69, 9.17) is 0 Å². The molecule has 1 heteroatoms. The van der Waals surface area contributed by atoms with Crippen LogP contribution in [0.2, 0.25) is 0 Å². The molecule has 31 heavy (non-hydrogen) atoms. The van der Waals surface area contributed by atoms with Gasteiger partial charge >= 0.3 is 0 Å². The molecular weight excluding hydrogens is 374 g/mol. The molecule has 0 saturated heterocycles. The van der Waals surface area contributed by atoms with Gasteiger partial charge in [-0.05, 0) is 40.0 Å². The summed E-state index contributed by atoms with van der Waals surface area (Å²) in [6, 6.07) is 43.1. The molecule has 1 aliphatic rings. The van der Waals surface area contributed by atoms with E-state index in [2.05, 4.69) is 138 Å². The Morgan fingerprint density at radius 3 is 1.68 bits per heavy atom. The SMILES string of the molecule is C1=C(c2ccccc2)C=C(c2ccccc2)N(Cc2ccccc2)C1c1ccccc1. The second kappa shape index (κ2) is 8.89. The van der Waals surface area contributed by atoms with Crippen LogP contribution in [0, 0.1) is 0 Å². The van der Waals surface area contributed by atoms with Crippen molar-refractivity contribution in [3.63, 3.8) is 0 Å². The largest absolute Gasteiger partial charge is 0.356 e. The van der Waals surface area contributed by atoms with Crippen molar-refractivity contribution in [1.29, 1.82) is 0 Å². The van der Waals surface area contributed by atoms with Crippen molar-refractivity contribution in [3.05, 3.63) is 156 Å². The molecule has 4 aromatic rings. The molecule has 0 fully saturated rings. The lowest BCUT2D eigenvalue weighted by molar-refractivity contribution is 0.335. The van der Waals surface area contributed by atoms with E-state index in [1.54, 1.807) is 0 Å². The molecule has 0 radical (unpaired) electrons. The minimum absolute atomic E-state index is 0.150. The third-order valence-electron chi connectivity index (χ3n) is 5.79. The predicted octanol–water partition coefficient (Wildman–Crippen LogP) is 7.37. The molecule has 1 unspecified atom stereocenters. The van der Waals surface area contributed by atoms with E-state index in [0.717, 1.165) is 6.54 Å². The average molecular weight is 400 g/mol. The van der Waals surface area contributed by atoms with Gasteiger partial charge in [0.1, 0.15) is 0 Å². The number of nitrogens with zero attached hydrogens (tertiary/aromatic N) is 1. The van der Waals surface area contributed by atoms with Crippen LogP contribution in [0.3, 0.4) is 0 Å². The van der Waals surface area contributed by atoms with E-state index < -0.39 is 0 Å².